The predicted molar refractivity (Wildman–Crippen MR) is 112 cm³/mol. The first-order valence-corrected chi connectivity index (χ1v) is 11.0. The number of benzene rings is 2. The zero-order valence-corrected chi connectivity index (χ0v) is 17.8. The molecule has 0 heterocycles. The Balaban J connectivity index is 2.06. The Morgan fingerprint density at radius 2 is 1.68 bits per heavy atom. The van der Waals surface area contributed by atoms with Gasteiger partial charge in [0.15, 0.2) is 0 Å². The van der Waals surface area contributed by atoms with E-state index in [1.807, 2.05) is 57.2 Å². The SMILES string of the molecule is Cc1ccc(N(C(C)C(=O)NC(C)COc2ccccc2C)S(C)(=O)=O)cc1. The molecule has 0 aliphatic carbocycles. The molecule has 1 N–H and O–H groups in total. The van der Waals surface area contributed by atoms with Crippen LogP contribution in [0.15, 0.2) is 48.5 Å². The van der Waals surface area contributed by atoms with Crippen LogP contribution in [-0.2, 0) is 14.8 Å². The molecule has 1 amide bonds. The number of nitrogens with zero attached hydrogens (tertiary/aromatic N) is 1. The van der Waals surface area contributed by atoms with Crippen LogP contribution in [0.25, 0.3) is 0 Å². The van der Waals surface area contributed by atoms with Crippen molar-refractivity contribution in [2.75, 3.05) is 17.2 Å². The quantitative estimate of drug-likeness (QED) is 0.734. The second-order valence-electron chi connectivity index (χ2n) is 7.06. The maximum atomic E-state index is 12.7. The number of aryl methyl sites for hydroxylation is 2. The van der Waals surface area contributed by atoms with Crippen LogP contribution >= 0.6 is 0 Å². The normalized spacial score (nSPS) is 13.5. The fraction of sp³-hybridized carbons (Fsp3) is 0.381. The number of rotatable bonds is 8. The molecule has 0 radical (unpaired) electrons. The summed E-state index contributed by atoms with van der Waals surface area (Å²) in [7, 11) is -3.63. The molecule has 2 atom stereocenters. The van der Waals surface area contributed by atoms with E-state index in [0.717, 1.165) is 27.4 Å². The lowest BCUT2D eigenvalue weighted by Crippen LogP contribution is -2.50. The second kappa shape index (κ2) is 9.10. The van der Waals surface area contributed by atoms with Crippen LogP contribution in [0.2, 0.25) is 0 Å². The lowest BCUT2D eigenvalue weighted by Gasteiger charge is -2.29. The number of carbonyl (C=O) groups is 1. The highest BCUT2D eigenvalue weighted by Gasteiger charge is 2.29. The van der Waals surface area contributed by atoms with Gasteiger partial charge in [-0.2, -0.15) is 0 Å². The molecule has 2 rings (SSSR count). The molecule has 2 unspecified atom stereocenters. The van der Waals surface area contributed by atoms with E-state index < -0.39 is 16.1 Å². The lowest BCUT2D eigenvalue weighted by molar-refractivity contribution is -0.122. The van der Waals surface area contributed by atoms with E-state index in [4.69, 9.17) is 4.74 Å². The average molecular weight is 405 g/mol. The molecule has 0 spiro atoms. The fourth-order valence-electron chi connectivity index (χ4n) is 2.84. The third-order valence-electron chi connectivity index (χ3n) is 4.35. The highest BCUT2D eigenvalue weighted by atomic mass is 32.2. The molecule has 6 nitrogen and oxygen atoms in total. The van der Waals surface area contributed by atoms with E-state index in [1.165, 1.54) is 0 Å². The summed E-state index contributed by atoms with van der Waals surface area (Å²) < 4.78 is 31.5. The van der Waals surface area contributed by atoms with Gasteiger partial charge in [-0.15, -0.1) is 0 Å². The number of hydrogen-bond donors (Lipinski definition) is 1. The van der Waals surface area contributed by atoms with Crippen molar-refractivity contribution in [3.63, 3.8) is 0 Å². The number of sulfonamides is 1. The lowest BCUT2D eigenvalue weighted by atomic mass is 10.2. The van der Waals surface area contributed by atoms with Crippen molar-refractivity contribution < 1.29 is 17.9 Å². The number of ether oxygens (including phenoxy) is 1. The van der Waals surface area contributed by atoms with E-state index in [-0.39, 0.29) is 18.6 Å². The Labute approximate surface area is 167 Å². The monoisotopic (exact) mass is 404 g/mol. The Bertz CT molecular complexity index is 910. The summed E-state index contributed by atoms with van der Waals surface area (Å²) in [6.07, 6.45) is 1.10. The molecule has 0 saturated carbocycles. The van der Waals surface area contributed by atoms with Crippen molar-refractivity contribution in [3.8, 4) is 5.75 Å². The van der Waals surface area contributed by atoms with Crippen molar-refractivity contribution in [1.29, 1.82) is 0 Å². The Kier molecular flexibility index (Phi) is 7.07. The van der Waals surface area contributed by atoms with Crippen molar-refractivity contribution in [2.24, 2.45) is 0 Å². The standard InChI is InChI=1S/C21H28N2O4S/c1-15-10-12-19(13-11-15)23(28(5,25)26)18(4)21(24)22-17(3)14-27-20-9-7-6-8-16(20)2/h6-13,17-18H,14H2,1-5H3,(H,22,24). The fourth-order valence-corrected chi connectivity index (χ4v) is 4.01. The van der Waals surface area contributed by atoms with Crippen LogP contribution in [0.1, 0.15) is 25.0 Å². The predicted octanol–water partition coefficient (Wildman–Crippen LogP) is 3.04. The van der Waals surface area contributed by atoms with Crippen LogP contribution in [0, 0.1) is 13.8 Å². The van der Waals surface area contributed by atoms with Crippen LogP contribution in [-0.4, -0.2) is 39.3 Å². The van der Waals surface area contributed by atoms with Gasteiger partial charge in [-0.3, -0.25) is 9.10 Å². The summed E-state index contributed by atoms with van der Waals surface area (Å²) >= 11 is 0. The minimum absolute atomic E-state index is 0.283. The molecule has 0 bridgehead atoms. The molecule has 2 aromatic carbocycles. The van der Waals surface area contributed by atoms with Crippen LogP contribution in [0.5, 0.6) is 5.75 Å². The number of nitrogens with one attached hydrogen (secondary N) is 1. The van der Waals surface area contributed by atoms with Gasteiger partial charge >= 0.3 is 0 Å². The smallest absolute Gasteiger partial charge is 0.243 e. The Morgan fingerprint density at radius 3 is 2.25 bits per heavy atom. The zero-order valence-electron chi connectivity index (χ0n) is 17.0. The van der Waals surface area contributed by atoms with E-state index in [9.17, 15) is 13.2 Å². The third kappa shape index (κ3) is 5.73. The van der Waals surface area contributed by atoms with Crippen molar-refractivity contribution in [1.82, 2.24) is 5.32 Å². The summed E-state index contributed by atoms with van der Waals surface area (Å²) in [5, 5.41) is 2.83. The average Bonchev–Trinajstić information content (AvgIpc) is 2.61. The van der Waals surface area contributed by atoms with Gasteiger partial charge in [0.2, 0.25) is 15.9 Å². The topological polar surface area (TPSA) is 75.7 Å². The first kappa shape index (κ1) is 21.8. The van der Waals surface area contributed by atoms with E-state index in [1.54, 1.807) is 19.1 Å². The van der Waals surface area contributed by atoms with Crippen LogP contribution in [0.4, 0.5) is 5.69 Å². The van der Waals surface area contributed by atoms with Gasteiger partial charge in [-0.25, -0.2) is 8.42 Å². The number of amides is 1. The van der Waals surface area contributed by atoms with Crippen LogP contribution < -0.4 is 14.4 Å². The first-order valence-electron chi connectivity index (χ1n) is 9.14. The summed E-state index contributed by atoms with van der Waals surface area (Å²) in [4.78, 5) is 12.7. The molecule has 2 aromatic rings. The van der Waals surface area contributed by atoms with E-state index in [0.29, 0.717) is 5.69 Å². The van der Waals surface area contributed by atoms with Gasteiger partial charge < -0.3 is 10.1 Å². The van der Waals surface area contributed by atoms with Gasteiger partial charge in [0.1, 0.15) is 18.4 Å². The largest absolute Gasteiger partial charge is 0.491 e. The molecular formula is C21H28N2O4S. The maximum Gasteiger partial charge on any atom is 0.243 e. The highest BCUT2D eigenvalue weighted by Crippen LogP contribution is 2.21. The third-order valence-corrected chi connectivity index (χ3v) is 5.59. The Hall–Kier alpha value is -2.54. The minimum Gasteiger partial charge on any atom is -0.491 e. The Morgan fingerprint density at radius 1 is 1.07 bits per heavy atom. The summed E-state index contributed by atoms with van der Waals surface area (Å²) in [6.45, 7) is 7.55. The highest BCUT2D eigenvalue weighted by molar-refractivity contribution is 7.92. The van der Waals surface area contributed by atoms with Gasteiger partial charge in [0.05, 0.1) is 18.0 Å². The van der Waals surface area contributed by atoms with Crippen molar-refractivity contribution in [3.05, 3.63) is 59.7 Å². The molecule has 0 saturated heterocycles. The molecule has 152 valence electrons. The van der Waals surface area contributed by atoms with Gasteiger partial charge in [0.25, 0.3) is 0 Å². The van der Waals surface area contributed by atoms with Gasteiger partial charge in [0, 0.05) is 0 Å². The number of carbonyl (C=O) groups excluding carboxylic acids is 1. The molecular weight excluding hydrogens is 376 g/mol. The summed E-state index contributed by atoms with van der Waals surface area (Å²) in [5.41, 5.74) is 2.48. The van der Waals surface area contributed by atoms with E-state index in [2.05, 4.69) is 5.32 Å². The first-order chi connectivity index (χ1) is 13.1. The number of hydrogen-bond acceptors (Lipinski definition) is 4. The van der Waals surface area contributed by atoms with Gasteiger partial charge in [-0.1, -0.05) is 35.9 Å². The molecule has 0 aliphatic heterocycles. The molecule has 0 aromatic heterocycles. The molecule has 0 fully saturated rings. The zero-order chi connectivity index (χ0) is 20.9. The number of para-hydroxylation sites is 1. The molecule has 28 heavy (non-hydrogen) atoms. The maximum absolute atomic E-state index is 12.7. The number of anilines is 1. The summed E-state index contributed by atoms with van der Waals surface area (Å²) in [6, 6.07) is 13.5. The van der Waals surface area contributed by atoms with E-state index >= 15 is 0 Å². The van der Waals surface area contributed by atoms with Crippen molar-refractivity contribution in [2.45, 2.75) is 39.8 Å². The van der Waals surface area contributed by atoms with Crippen LogP contribution in [0.3, 0.4) is 0 Å². The van der Waals surface area contributed by atoms with Gasteiger partial charge in [-0.05, 0) is 51.5 Å². The summed E-state index contributed by atoms with van der Waals surface area (Å²) in [5.74, 6) is 0.376. The molecule has 0 aliphatic rings. The second-order valence-corrected chi connectivity index (χ2v) is 8.92. The van der Waals surface area contributed by atoms with Crippen molar-refractivity contribution >= 4 is 21.6 Å². The minimum atomic E-state index is -3.63. The molecule has 7 heteroatoms.